The lowest BCUT2D eigenvalue weighted by atomic mass is 10.1. The topological polar surface area (TPSA) is 36.4 Å². The molecule has 20 heavy (non-hydrogen) atoms. The van der Waals surface area contributed by atoms with Gasteiger partial charge in [-0.3, -0.25) is 4.79 Å². The van der Waals surface area contributed by atoms with Crippen LogP contribution in [0.3, 0.4) is 0 Å². The summed E-state index contributed by atoms with van der Waals surface area (Å²) in [5.41, 5.74) is 0. The predicted molar refractivity (Wildman–Crippen MR) is 81.2 cm³/mol. The van der Waals surface area contributed by atoms with Crippen molar-refractivity contribution in [2.45, 2.75) is 6.92 Å². The van der Waals surface area contributed by atoms with Gasteiger partial charge in [-0.15, -0.1) is 0 Å². The second-order valence-corrected chi connectivity index (χ2v) is 5.37. The molecule has 1 aliphatic rings. The molecule has 2 aromatic rings. The monoisotopic (exact) mass is 289 g/mol. The largest absolute Gasteiger partial charge is 0.353 e. The third-order valence-electron chi connectivity index (χ3n) is 3.71. The van der Waals surface area contributed by atoms with Crippen LogP contribution in [0.2, 0.25) is 5.15 Å². The van der Waals surface area contributed by atoms with Crippen molar-refractivity contribution in [3.63, 3.8) is 0 Å². The van der Waals surface area contributed by atoms with E-state index in [1.165, 1.54) is 0 Å². The molecule has 1 saturated heterocycles. The van der Waals surface area contributed by atoms with Gasteiger partial charge in [0.05, 0.1) is 0 Å². The maximum Gasteiger partial charge on any atom is 0.219 e. The first-order valence-corrected chi connectivity index (χ1v) is 7.09. The van der Waals surface area contributed by atoms with Crippen LogP contribution in [-0.2, 0) is 4.79 Å². The number of anilines is 1. The Labute approximate surface area is 123 Å². The molecule has 104 valence electrons. The van der Waals surface area contributed by atoms with E-state index in [0.717, 1.165) is 42.8 Å². The van der Waals surface area contributed by atoms with Crippen molar-refractivity contribution in [3.05, 3.63) is 35.5 Å². The first-order chi connectivity index (χ1) is 9.65. The molecule has 0 saturated carbocycles. The second-order valence-electron chi connectivity index (χ2n) is 4.98. The van der Waals surface area contributed by atoms with Crippen LogP contribution in [0.5, 0.6) is 0 Å². The van der Waals surface area contributed by atoms with Crippen LogP contribution in [-0.4, -0.2) is 42.0 Å². The molecular formula is C15H16ClN3O. The van der Waals surface area contributed by atoms with Crippen LogP contribution in [0.15, 0.2) is 30.3 Å². The summed E-state index contributed by atoms with van der Waals surface area (Å²) in [6.45, 7) is 4.66. The Bertz CT molecular complexity index is 651. The number of rotatable bonds is 1. The highest BCUT2D eigenvalue weighted by molar-refractivity contribution is 6.30. The highest BCUT2D eigenvalue weighted by Crippen LogP contribution is 2.28. The van der Waals surface area contributed by atoms with Crippen molar-refractivity contribution in [1.29, 1.82) is 0 Å². The Morgan fingerprint density at radius 3 is 2.60 bits per heavy atom. The number of piperazine rings is 1. The van der Waals surface area contributed by atoms with E-state index >= 15 is 0 Å². The minimum absolute atomic E-state index is 0.133. The average molecular weight is 290 g/mol. The van der Waals surface area contributed by atoms with Crippen molar-refractivity contribution < 1.29 is 4.79 Å². The summed E-state index contributed by atoms with van der Waals surface area (Å²) in [4.78, 5) is 19.9. The maximum absolute atomic E-state index is 11.4. The van der Waals surface area contributed by atoms with Gasteiger partial charge in [-0.25, -0.2) is 4.98 Å². The third-order valence-corrected chi connectivity index (χ3v) is 3.91. The summed E-state index contributed by atoms with van der Waals surface area (Å²) in [5, 5.41) is 2.71. The van der Waals surface area contributed by atoms with E-state index in [9.17, 15) is 4.79 Å². The summed E-state index contributed by atoms with van der Waals surface area (Å²) in [6.07, 6.45) is 0. The molecule has 1 aromatic heterocycles. The molecule has 1 aromatic carbocycles. The number of nitrogens with zero attached hydrogens (tertiary/aromatic N) is 3. The van der Waals surface area contributed by atoms with Crippen molar-refractivity contribution in [3.8, 4) is 0 Å². The van der Waals surface area contributed by atoms with Gasteiger partial charge >= 0.3 is 0 Å². The number of pyridine rings is 1. The number of hydrogen-bond donors (Lipinski definition) is 0. The first kappa shape index (κ1) is 13.2. The van der Waals surface area contributed by atoms with Crippen LogP contribution >= 0.6 is 11.6 Å². The van der Waals surface area contributed by atoms with E-state index in [4.69, 9.17) is 11.6 Å². The number of hydrogen-bond acceptors (Lipinski definition) is 3. The van der Waals surface area contributed by atoms with Crippen molar-refractivity contribution in [2.24, 2.45) is 0 Å². The van der Waals surface area contributed by atoms with E-state index in [-0.39, 0.29) is 5.91 Å². The van der Waals surface area contributed by atoms with E-state index in [1.807, 2.05) is 29.2 Å². The van der Waals surface area contributed by atoms with Crippen molar-refractivity contribution in [1.82, 2.24) is 9.88 Å². The Hall–Kier alpha value is -1.81. The smallest absolute Gasteiger partial charge is 0.219 e. The minimum Gasteiger partial charge on any atom is -0.353 e. The van der Waals surface area contributed by atoms with Crippen LogP contribution in [0.25, 0.3) is 10.8 Å². The average Bonchev–Trinajstić information content (AvgIpc) is 2.46. The van der Waals surface area contributed by atoms with Crippen LogP contribution in [0.1, 0.15) is 6.92 Å². The van der Waals surface area contributed by atoms with Crippen LogP contribution in [0, 0.1) is 0 Å². The maximum atomic E-state index is 11.4. The lowest BCUT2D eigenvalue weighted by Crippen LogP contribution is -2.48. The molecule has 0 bridgehead atoms. The number of fused-ring (bicyclic) bond motifs is 1. The second kappa shape index (κ2) is 5.29. The van der Waals surface area contributed by atoms with Gasteiger partial charge < -0.3 is 9.80 Å². The summed E-state index contributed by atoms with van der Waals surface area (Å²) in [7, 11) is 0. The van der Waals surface area contributed by atoms with E-state index in [2.05, 4.69) is 16.0 Å². The van der Waals surface area contributed by atoms with Gasteiger partial charge in [-0.1, -0.05) is 35.9 Å². The number of amides is 1. The number of carbonyl (C=O) groups is 1. The van der Waals surface area contributed by atoms with Gasteiger partial charge in [0.25, 0.3) is 0 Å². The van der Waals surface area contributed by atoms with Crippen LogP contribution < -0.4 is 4.90 Å². The summed E-state index contributed by atoms with van der Waals surface area (Å²) >= 11 is 6.12. The van der Waals surface area contributed by atoms with Crippen LogP contribution in [0.4, 0.5) is 5.82 Å². The normalized spacial score (nSPS) is 15.7. The van der Waals surface area contributed by atoms with E-state index < -0.39 is 0 Å². The first-order valence-electron chi connectivity index (χ1n) is 6.71. The molecule has 3 rings (SSSR count). The quantitative estimate of drug-likeness (QED) is 0.757. The Morgan fingerprint density at radius 1 is 1.20 bits per heavy atom. The molecule has 1 aliphatic heterocycles. The number of carbonyl (C=O) groups excluding carboxylic acids is 1. The molecule has 2 heterocycles. The van der Waals surface area contributed by atoms with Crippen molar-refractivity contribution in [2.75, 3.05) is 31.1 Å². The van der Waals surface area contributed by atoms with Crippen molar-refractivity contribution >= 4 is 34.1 Å². The number of benzene rings is 1. The molecule has 0 unspecified atom stereocenters. The number of halogens is 1. The molecule has 1 fully saturated rings. The third kappa shape index (κ3) is 2.43. The molecule has 0 atom stereocenters. The van der Waals surface area contributed by atoms with E-state index in [0.29, 0.717) is 5.15 Å². The molecule has 0 spiro atoms. The van der Waals surface area contributed by atoms with Gasteiger partial charge in [0, 0.05) is 38.5 Å². The Morgan fingerprint density at radius 2 is 1.90 bits per heavy atom. The predicted octanol–water partition coefficient (Wildman–Crippen LogP) is 2.56. The van der Waals surface area contributed by atoms with Gasteiger partial charge in [0.15, 0.2) is 0 Å². The molecule has 0 N–H and O–H groups in total. The molecule has 0 radical (unpaired) electrons. The number of aromatic nitrogens is 1. The zero-order chi connectivity index (χ0) is 14.1. The summed E-state index contributed by atoms with van der Waals surface area (Å²) < 4.78 is 0. The van der Waals surface area contributed by atoms with Gasteiger partial charge in [-0.05, 0) is 11.5 Å². The minimum atomic E-state index is 0.133. The van der Waals surface area contributed by atoms with Gasteiger partial charge in [0.1, 0.15) is 11.0 Å². The summed E-state index contributed by atoms with van der Waals surface area (Å²) in [5.74, 6) is 1.05. The standard InChI is InChI=1S/C15H16ClN3O/c1-11(20)18-6-8-19(9-7-18)15-13-5-3-2-4-12(13)10-14(16)17-15/h2-5,10H,6-9H2,1H3. The highest BCUT2D eigenvalue weighted by Gasteiger charge is 2.21. The fourth-order valence-electron chi connectivity index (χ4n) is 2.62. The van der Waals surface area contributed by atoms with Gasteiger partial charge in [0.2, 0.25) is 5.91 Å². The zero-order valence-corrected chi connectivity index (χ0v) is 12.1. The molecule has 4 nitrogen and oxygen atoms in total. The molecular weight excluding hydrogens is 274 g/mol. The fraction of sp³-hybridized carbons (Fsp3) is 0.333. The lowest BCUT2D eigenvalue weighted by molar-refractivity contribution is -0.129. The molecule has 5 heteroatoms. The van der Waals surface area contributed by atoms with Gasteiger partial charge in [-0.2, -0.15) is 0 Å². The molecule has 1 amide bonds. The highest BCUT2D eigenvalue weighted by atomic mass is 35.5. The fourth-order valence-corrected chi connectivity index (χ4v) is 2.82. The Balaban J connectivity index is 1.93. The van der Waals surface area contributed by atoms with E-state index in [1.54, 1.807) is 6.92 Å². The summed E-state index contributed by atoms with van der Waals surface area (Å²) in [6, 6.07) is 9.99. The molecule has 0 aliphatic carbocycles. The SMILES string of the molecule is CC(=O)N1CCN(c2nc(Cl)cc3ccccc23)CC1. The zero-order valence-electron chi connectivity index (χ0n) is 11.3. The lowest BCUT2D eigenvalue weighted by Gasteiger charge is -2.35. The Kier molecular flexibility index (Phi) is 3.49.